The van der Waals surface area contributed by atoms with Gasteiger partial charge in [0.1, 0.15) is 12.1 Å². The number of hydrogen-bond donors (Lipinski definition) is 1. The Labute approximate surface area is 135 Å². The third kappa shape index (κ3) is 3.71. The van der Waals surface area contributed by atoms with Crippen LogP contribution >= 0.6 is 0 Å². The third-order valence-corrected chi connectivity index (χ3v) is 4.50. The van der Waals surface area contributed by atoms with Crippen molar-refractivity contribution in [2.24, 2.45) is 0 Å². The number of benzene rings is 1. The highest BCUT2D eigenvalue weighted by atomic mass is 16.5. The quantitative estimate of drug-likeness (QED) is 0.895. The summed E-state index contributed by atoms with van der Waals surface area (Å²) in [6, 6.07) is 9.41. The Bertz CT molecular complexity index is 563. The summed E-state index contributed by atoms with van der Waals surface area (Å²) >= 11 is 0. The molecule has 124 valence electrons. The zero-order valence-corrected chi connectivity index (χ0v) is 13.1. The summed E-state index contributed by atoms with van der Waals surface area (Å²) < 4.78 is 5.62. The number of ether oxygens (including phenoxy) is 1. The van der Waals surface area contributed by atoms with Gasteiger partial charge >= 0.3 is 5.97 Å². The van der Waals surface area contributed by atoms with Crippen molar-refractivity contribution in [2.75, 3.05) is 26.2 Å². The lowest BCUT2D eigenvalue weighted by Gasteiger charge is -2.34. The number of carbonyl (C=O) groups excluding carboxylic acids is 1. The molecule has 2 fully saturated rings. The van der Waals surface area contributed by atoms with Gasteiger partial charge in [0.2, 0.25) is 0 Å². The molecule has 2 atom stereocenters. The maximum Gasteiger partial charge on any atom is 0.326 e. The summed E-state index contributed by atoms with van der Waals surface area (Å²) in [4.78, 5) is 27.5. The van der Waals surface area contributed by atoms with Gasteiger partial charge in [-0.1, -0.05) is 30.3 Å². The van der Waals surface area contributed by atoms with Gasteiger partial charge in [0.05, 0.1) is 6.61 Å². The van der Waals surface area contributed by atoms with Crippen molar-refractivity contribution >= 4 is 11.9 Å². The van der Waals surface area contributed by atoms with Crippen LogP contribution in [0.15, 0.2) is 30.3 Å². The first-order valence-electron chi connectivity index (χ1n) is 8.06. The molecule has 0 bridgehead atoms. The first kappa shape index (κ1) is 16.0. The lowest BCUT2D eigenvalue weighted by atomic mass is 10.1. The fraction of sp³-hybridized carbons (Fsp3) is 0.529. The molecule has 0 unspecified atom stereocenters. The molecule has 0 radical (unpaired) electrons. The number of carboxylic acids is 1. The van der Waals surface area contributed by atoms with Crippen molar-refractivity contribution in [2.45, 2.75) is 31.5 Å². The highest BCUT2D eigenvalue weighted by Crippen LogP contribution is 2.21. The Morgan fingerprint density at radius 1 is 1.22 bits per heavy atom. The molecule has 2 aliphatic heterocycles. The second-order valence-corrected chi connectivity index (χ2v) is 6.11. The number of carboxylic acid groups (broad SMARTS) is 1. The summed E-state index contributed by atoms with van der Waals surface area (Å²) in [5, 5.41) is 9.23. The van der Waals surface area contributed by atoms with E-state index in [1.54, 1.807) is 0 Å². The van der Waals surface area contributed by atoms with E-state index in [0.717, 1.165) is 19.5 Å². The zero-order valence-electron chi connectivity index (χ0n) is 13.1. The predicted molar refractivity (Wildman–Crippen MR) is 83.8 cm³/mol. The minimum Gasteiger partial charge on any atom is -0.480 e. The maximum absolute atomic E-state index is 12.6. The van der Waals surface area contributed by atoms with Gasteiger partial charge in [-0.2, -0.15) is 0 Å². The molecule has 1 aromatic rings. The van der Waals surface area contributed by atoms with Crippen LogP contribution in [-0.2, 0) is 20.9 Å². The van der Waals surface area contributed by atoms with Crippen LogP contribution in [0, 0.1) is 0 Å². The molecule has 6 nitrogen and oxygen atoms in total. The number of likely N-dealkylation sites (tertiary alicyclic amines) is 1. The van der Waals surface area contributed by atoms with Crippen molar-refractivity contribution in [1.29, 1.82) is 0 Å². The van der Waals surface area contributed by atoms with Crippen molar-refractivity contribution in [1.82, 2.24) is 9.80 Å². The van der Waals surface area contributed by atoms with Crippen LogP contribution in [-0.4, -0.2) is 65.2 Å². The summed E-state index contributed by atoms with van der Waals surface area (Å²) in [5.74, 6) is -1.11. The van der Waals surface area contributed by atoms with Crippen molar-refractivity contribution in [3.8, 4) is 0 Å². The summed E-state index contributed by atoms with van der Waals surface area (Å²) in [5.41, 5.74) is 1.20. The second-order valence-electron chi connectivity index (χ2n) is 6.11. The Morgan fingerprint density at radius 3 is 2.74 bits per heavy atom. The average Bonchev–Trinajstić information content (AvgIpc) is 3.05. The van der Waals surface area contributed by atoms with Crippen LogP contribution in [0.25, 0.3) is 0 Å². The number of nitrogens with zero attached hydrogens (tertiary/aromatic N) is 2. The van der Waals surface area contributed by atoms with Gasteiger partial charge in [0, 0.05) is 26.2 Å². The topological polar surface area (TPSA) is 70.1 Å². The minimum atomic E-state index is -0.923. The van der Waals surface area contributed by atoms with Gasteiger partial charge in [-0.15, -0.1) is 0 Å². The van der Waals surface area contributed by atoms with E-state index in [9.17, 15) is 14.7 Å². The normalized spacial score (nSPS) is 25.5. The van der Waals surface area contributed by atoms with Crippen LogP contribution in [0.1, 0.15) is 18.4 Å². The first-order chi connectivity index (χ1) is 11.1. The van der Waals surface area contributed by atoms with E-state index in [1.165, 1.54) is 10.5 Å². The van der Waals surface area contributed by atoms with E-state index in [4.69, 9.17) is 4.74 Å². The smallest absolute Gasteiger partial charge is 0.326 e. The summed E-state index contributed by atoms with van der Waals surface area (Å²) in [6.45, 7) is 3.07. The van der Waals surface area contributed by atoms with Gasteiger partial charge in [0.25, 0.3) is 5.91 Å². The third-order valence-electron chi connectivity index (χ3n) is 4.50. The Kier molecular flexibility index (Phi) is 4.93. The molecule has 2 heterocycles. The molecule has 1 aromatic carbocycles. The van der Waals surface area contributed by atoms with Gasteiger partial charge < -0.3 is 14.7 Å². The van der Waals surface area contributed by atoms with E-state index in [-0.39, 0.29) is 5.91 Å². The van der Waals surface area contributed by atoms with E-state index < -0.39 is 18.1 Å². The number of aliphatic carboxylic acids is 1. The molecule has 2 aliphatic rings. The Balaban J connectivity index is 1.61. The lowest BCUT2D eigenvalue weighted by molar-refractivity contribution is -0.157. The van der Waals surface area contributed by atoms with Crippen LogP contribution in [0.3, 0.4) is 0 Å². The minimum absolute atomic E-state index is 0.187. The molecule has 0 spiro atoms. The summed E-state index contributed by atoms with van der Waals surface area (Å²) in [7, 11) is 0. The lowest BCUT2D eigenvalue weighted by Crippen LogP contribution is -2.53. The molecule has 2 saturated heterocycles. The molecule has 0 saturated carbocycles. The van der Waals surface area contributed by atoms with Gasteiger partial charge in [-0.25, -0.2) is 4.79 Å². The van der Waals surface area contributed by atoms with Gasteiger partial charge in [-0.05, 0) is 18.4 Å². The molecular weight excluding hydrogens is 296 g/mol. The van der Waals surface area contributed by atoms with Gasteiger partial charge in [0.15, 0.2) is 0 Å². The predicted octanol–water partition coefficient (Wildman–Crippen LogP) is 0.963. The van der Waals surface area contributed by atoms with Crippen LogP contribution in [0.4, 0.5) is 0 Å². The standard InChI is InChI=1S/C17H22N2O4/c20-16(19-8-4-7-14(19)17(21)22)15-12-18(9-10-23-15)11-13-5-2-1-3-6-13/h1-3,5-6,14-15H,4,7-12H2,(H,21,22)/t14-,15+/m1/s1. The summed E-state index contributed by atoms with van der Waals surface area (Å²) in [6.07, 6.45) is 0.706. The first-order valence-corrected chi connectivity index (χ1v) is 8.06. The number of rotatable bonds is 4. The van der Waals surface area contributed by atoms with Crippen LogP contribution < -0.4 is 0 Å². The highest BCUT2D eigenvalue weighted by Gasteiger charge is 2.38. The average molecular weight is 318 g/mol. The zero-order chi connectivity index (χ0) is 16.2. The van der Waals surface area contributed by atoms with Crippen LogP contribution in [0.5, 0.6) is 0 Å². The molecule has 0 aliphatic carbocycles. The number of carbonyl (C=O) groups is 2. The van der Waals surface area contributed by atoms with Crippen molar-refractivity contribution in [3.63, 3.8) is 0 Å². The fourth-order valence-corrected chi connectivity index (χ4v) is 3.31. The van der Waals surface area contributed by atoms with Crippen molar-refractivity contribution < 1.29 is 19.4 Å². The Hall–Kier alpha value is -1.92. The molecule has 1 amide bonds. The SMILES string of the molecule is O=C(O)[C@H]1CCCN1C(=O)[C@@H]1CN(Cc2ccccc2)CCO1. The van der Waals surface area contributed by atoms with E-state index >= 15 is 0 Å². The number of amides is 1. The number of morpholine rings is 1. The molecule has 3 rings (SSSR count). The monoisotopic (exact) mass is 318 g/mol. The van der Waals surface area contributed by atoms with Crippen molar-refractivity contribution in [3.05, 3.63) is 35.9 Å². The maximum atomic E-state index is 12.6. The van der Waals surface area contributed by atoms with Crippen LogP contribution in [0.2, 0.25) is 0 Å². The molecule has 23 heavy (non-hydrogen) atoms. The molecule has 1 N–H and O–H groups in total. The molecule has 6 heteroatoms. The molecule has 0 aromatic heterocycles. The van der Waals surface area contributed by atoms with E-state index in [2.05, 4.69) is 17.0 Å². The number of hydrogen-bond acceptors (Lipinski definition) is 4. The second kappa shape index (κ2) is 7.10. The van der Waals surface area contributed by atoms with E-state index in [0.29, 0.717) is 26.1 Å². The fourth-order valence-electron chi connectivity index (χ4n) is 3.31. The molecular formula is C17H22N2O4. The van der Waals surface area contributed by atoms with Gasteiger partial charge in [-0.3, -0.25) is 9.69 Å². The van der Waals surface area contributed by atoms with E-state index in [1.807, 2.05) is 18.2 Å². The largest absolute Gasteiger partial charge is 0.480 e. The highest BCUT2D eigenvalue weighted by molar-refractivity contribution is 5.87. The Morgan fingerprint density at radius 2 is 2.00 bits per heavy atom.